The molecule has 0 unspecified atom stereocenters. The summed E-state index contributed by atoms with van der Waals surface area (Å²) in [5.41, 5.74) is 2.04. The number of rotatable bonds is 3. The molecule has 0 fully saturated rings. The Morgan fingerprint density at radius 3 is 2.67 bits per heavy atom. The minimum Gasteiger partial charge on any atom is -0.508 e. The third-order valence-corrected chi connectivity index (χ3v) is 4.33. The number of aromatic nitrogens is 2. The summed E-state index contributed by atoms with van der Waals surface area (Å²) < 4.78 is 23.5. The average molecular weight is 302 g/mol. The minimum atomic E-state index is -3.32. The molecule has 1 heterocycles. The summed E-state index contributed by atoms with van der Waals surface area (Å²) in [6.45, 7) is 0. The van der Waals surface area contributed by atoms with Gasteiger partial charge in [-0.2, -0.15) is 0 Å². The molecule has 1 aromatic heterocycles. The van der Waals surface area contributed by atoms with E-state index in [2.05, 4.69) is 9.97 Å². The normalized spacial score (nSPS) is 11.9. The van der Waals surface area contributed by atoms with E-state index in [0.29, 0.717) is 23.3 Å². The van der Waals surface area contributed by atoms with Crippen molar-refractivity contribution in [2.24, 2.45) is 0 Å². The van der Waals surface area contributed by atoms with Crippen molar-refractivity contribution in [2.75, 3.05) is 6.26 Å². The molecule has 0 aliphatic carbocycles. The molecule has 5 nitrogen and oxygen atoms in total. The number of phenolic OH excluding ortho intramolecular Hbond substituents is 1. The molecule has 0 radical (unpaired) electrons. The van der Waals surface area contributed by atoms with E-state index in [1.807, 2.05) is 6.07 Å². The van der Waals surface area contributed by atoms with Crippen molar-refractivity contribution in [1.29, 1.82) is 0 Å². The van der Waals surface area contributed by atoms with Crippen LogP contribution in [0.4, 0.5) is 0 Å². The van der Waals surface area contributed by atoms with E-state index >= 15 is 0 Å². The average Bonchev–Trinajstić information content (AvgIpc) is 2.79. The van der Waals surface area contributed by atoms with Crippen LogP contribution in [-0.2, 0) is 16.3 Å². The Labute approximate surface area is 122 Å². The Kier molecular flexibility index (Phi) is 3.17. The highest BCUT2D eigenvalue weighted by molar-refractivity contribution is 7.91. The maximum atomic E-state index is 11.8. The number of fused-ring (bicyclic) bond motifs is 1. The first-order chi connectivity index (χ1) is 9.93. The Morgan fingerprint density at radius 1 is 1.19 bits per heavy atom. The van der Waals surface area contributed by atoms with Gasteiger partial charge in [-0.3, -0.25) is 0 Å². The number of H-pyrrole nitrogens is 1. The fourth-order valence-electron chi connectivity index (χ4n) is 2.30. The molecule has 0 saturated carbocycles. The van der Waals surface area contributed by atoms with Gasteiger partial charge in [0.15, 0.2) is 9.84 Å². The number of aromatic amines is 1. The lowest BCUT2D eigenvalue weighted by molar-refractivity contribution is 0.474. The number of nitrogens with one attached hydrogen (secondary N) is 1. The molecule has 0 spiro atoms. The molecule has 0 aliphatic rings. The zero-order valence-electron chi connectivity index (χ0n) is 11.4. The van der Waals surface area contributed by atoms with Crippen LogP contribution in [0.15, 0.2) is 47.4 Å². The molecule has 21 heavy (non-hydrogen) atoms. The van der Waals surface area contributed by atoms with Crippen LogP contribution in [0.3, 0.4) is 0 Å². The largest absolute Gasteiger partial charge is 0.508 e. The second-order valence-electron chi connectivity index (χ2n) is 4.95. The van der Waals surface area contributed by atoms with Gasteiger partial charge < -0.3 is 10.1 Å². The lowest BCUT2D eigenvalue weighted by Crippen LogP contribution is -1.97. The third-order valence-electron chi connectivity index (χ3n) is 3.21. The number of phenols is 1. The smallest absolute Gasteiger partial charge is 0.177 e. The standard InChI is InChI=1S/C15H14N2O3S/c1-21(19,20)13-7-3-6-12-15(13)17-14(16-12)9-10-4-2-5-11(18)8-10/h2-8,18H,9H2,1H3,(H,16,17). The quantitative estimate of drug-likeness (QED) is 0.777. The predicted octanol–water partition coefficient (Wildman–Crippen LogP) is 2.26. The van der Waals surface area contributed by atoms with Gasteiger partial charge in [0.05, 0.1) is 10.4 Å². The number of hydrogen-bond acceptors (Lipinski definition) is 4. The minimum absolute atomic E-state index is 0.195. The highest BCUT2D eigenvalue weighted by atomic mass is 32.2. The van der Waals surface area contributed by atoms with E-state index in [1.165, 1.54) is 6.26 Å². The van der Waals surface area contributed by atoms with Gasteiger partial charge in [-0.05, 0) is 29.8 Å². The van der Waals surface area contributed by atoms with Gasteiger partial charge in [0, 0.05) is 12.7 Å². The third kappa shape index (κ3) is 2.75. The summed E-state index contributed by atoms with van der Waals surface area (Å²) in [6.07, 6.45) is 1.66. The fraction of sp³-hybridized carbons (Fsp3) is 0.133. The van der Waals surface area contributed by atoms with Crippen molar-refractivity contribution < 1.29 is 13.5 Å². The zero-order valence-corrected chi connectivity index (χ0v) is 12.2. The molecular weight excluding hydrogens is 288 g/mol. The molecule has 3 rings (SSSR count). The molecule has 2 N–H and O–H groups in total. The number of nitrogens with zero attached hydrogens (tertiary/aromatic N) is 1. The molecular formula is C15H14N2O3S. The first kappa shape index (κ1) is 13.6. The van der Waals surface area contributed by atoms with E-state index in [-0.39, 0.29) is 10.6 Å². The number of benzene rings is 2. The Balaban J connectivity index is 2.06. The number of imidazole rings is 1. The van der Waals surface area contributed by atoms with Gasteiger partial charge >= 0.3 is 0 Å². The zero-order chi connectivity index (χ0) is 15.0. The van der Waals surface area contributed by atoms with E-state index in [1.54, 1.807) is 36.4 Å². The van der Waals surface area contributed by atoms with Crippen molar-refractivity contribution in [3.8, 4) is 5.75 Å². The fourth-order valence-corrected chi connectivity index (χ4v) is 3.13. The number of para-hydroxylation sites is 1. The Morgan fingerprint density at radius 2 is 1.95 bits per heavy atom. The number of hydrogen-bond donors (Lipinski definition) is 2. The van der Waals surface area contributed by atoms with Crippen LogP contribution in [0.25, 0.3) is 11.0 Å². The molecule has 0 saturated heterocycles. The van der Waals surface area contributed by atoms with Gasteiger partial charge in [0.1, 0.15) is 17.1 Å². The Hall–Kier alpha value is -2.34. The van der Waals surface area contributed by atoms with Crippen LogP contribution >= 0.6 is 0 Å². The van der Waals surface area contributed by atoms with Crippen LogP contribution in [0.2, 0.25) is 0 Å². The summed E-state index contributed by atoms with van der Waals surface area (Å²) in [4.78, 5) is 7.73. The summed E-state index contributed by atoms with van der Waals surface area (Å²) in [6, 6.07) is 11.9. The maximum absolute atomic E-state index is 11.8. The van der Waals surface area contributed by atoms with Crippen molar-refractivity contribution in [3.63, 3.8) is 0 Å². The van der Waals surface area contributed by atoms with Crippen LogP contribution in [0.5, 0.6) is 5.75 Å². The summed E-state index contributed by atoms with van der Waals surface area (Å²) >= 11 is 0. The second kappa shape index (κ2) is 4.89. The SMILES string of the molecule is CS(=O)(=O)c1cccc2[nH]c(Cc3cccc(O)c3)nc12. The van der Waals surface area contributed by atoms with E-state index in [4.69, 9.17) is 0 Å². The first-order valence-corrected chi connectivity index (χ1v) is 8.28. The summed E-state index contributed by atoms with van der Waals surface area (Å²) in [5.74, 6) is 0.854. The van der Waals surface area contributed by atoms with Crippen molar-refractivity contribution in [3.05, 3.63) is 53.9 Å². The predicted molar refractivity (Wildman–Crippen MR) is 80.1 cm³/mol. The monoisotopic (exact) mass is 302 g/mol. The summed E-state index contributed by atoms with van der Waals surface area (Å²) in [5, 5.41) is 9.47. The van der Waals surface area contributed by atoms with E-state index in [0.717, 1.165) is 5.56 Å². The van der Waals surface area contributed by atoms with Crippen LogP contribution < -0.4 is 0 Å². The molecule has 2 aromatic carbocycles. The number of aromatic hydroxyl groups is 1. The molecule has 3 aromatic rings. The van der Waals surface area contributed by atoms with Gasteiger partial charge in [-0.1, -0.05) is 18.2 Å². The molecule has 0 atom stereocenters. The van der Waals surface area contributed by atoms with Crippen molar-refractivity contribution >= 4 is 20.9 Å². The van der Waals surface area contributed by atoms with E-state index in [9.17, 15) is 13.5 Å². The second-order valence-corrected chi connectivity index (χ2v) is 6.94. The van der Waals surface area contributed by atoms with Crippen molar-refractivity contribution in [1.82, 2.24) is 9.97 Å². The van der Waals surface area contributed by atoms with Crippen LogP contribution in [0.1, 0.15) is 11.4 Å². The molecule has 0 aliphatic heterocycles. The van der Waals surface area contributed by atoms with Gasteiger partial charge in [-0.15, -0.1) is 0 Å². The van der Waals surface area contributed by atoms with E-state index < -0.39 is 9.84 Å². The number of sulfone groups is 1. The van der Waals surface area contributed by atoms with Crippen molar-refractivity contribution in [2.45, 2.75) is 11.3 Å². The molecule has 0 bridgehead atoms. The lowest BCUT2D eigenvalue weighted by atomic mass is 10.1. The highest BCUT2D eigenvalue weighted by Gasteiger charge is 2.15. The van der Waals surface area contributed by atoms with Gasteiger partial charge in [-0.25, -0.2) is 13.4 Å². The highest BCUT2D eigenvalue weighted by Crippen LogP contribution is 2.22. The van der Waals surface area contributed by atoms with Gasteiger partial charge in [0.2, 0.25) is 0 Å². The summed E-state index contributed by atoms with van der Waals surface area (Å²) in [7, 11) is -3.32. The Bertz CT molecular complexity index is 914. The first-order valence-electron chi connectivity index (χ1n) is 6.39. The topological polar surface area (TPSA) is 83.0 Å². The van der Waals surface area contributed by atoms with Gasteiger partial charge in [0.25, 0.3) is 0 Å². The maximum Gasteiger partial charge on any atom is 0.177 e. The van der Waals surface area contributed by atoms with Crippen LogP contribution in [0, 0.1) is 0 Å². The lowest BCUT2D eigenvalue weighted by Gasteiger charge is -1.98. The molecule has 108 valence electrons. The van der Waals surface area contributed by atoms with Crippen LogP contribution in [-0.4, -0.2) is 29.7 Å². The molecule has 0 amide bonds. The molecule has 6 heteroatoms.